The van der Waals surface area contributed by atoms with E-state index >= 15 is 0 Å². The lowest BCUT2D eigenvalue weighted by Crippen LogP contribution is -2.15. The minimum atomic E-state index is -0.705. The molecule has 74 valence electrons. The molecule has 0 spiro atoms. The molecule has 0 aliphatic carbocycles. The summed E-state index contributed by atoms with van der Waals surface area (Å²) in [5, 5.41) is 9.08. The van der Waals surface area contributed by atoms with Crippen LogP contribution in [0.2, 0.25) is 5.02 Å². The fourth-order valence-corrected chi connectivity index (χ4v) is 1.08. The zero-order chi connectivity index (χ0) is 9.14. The van der Waals surface area contributed by atoms with Crippen LogP contribution in [-0.4, -0.2) is 11.7 Å². The first-order chi connectivity index (χ1) is 5.65. The third kappa shape index (κ3) is 3.12. The van der Waals surface area contributed by atoms with Crippen LogP contribution in [0.15, 0.2) is 18.2 Å². The largest absolute Gasteiger partial charge is 0.394 e. The monoisotopic (exact) mass is 225 g/mol. The van der Waals surface area contributed by atoms with E-state index < -0.39 is 11.9 Å². The Bertz CT molecular complexity index is 283. The molecular formula is C8H10Cl2FNO. The summed E-state index contributed by atoms with van der Waals surface area (Å²) >= 11 is 5.61. The standard InChI is InChI=1S/C8H9ClFNO.ClH/c9-5-1-2-7(10)6(3-5)8(11)4-12;/h1-3,8,12H,4,11H2;1H/t8-;/m0./s1. The molecule has 0 aliphatic rings. The van der Waals surface area contributed by atoms with Gasteiger partial charge in [0.15, 0.2) is 0 Å². The quantitative estimate of drug-likeness (QED) is 0.808. The maximum Gasteiger partial charge on any atom is 0.128 e. The summed E-state index contributed by atoms with van der Waals surface area (Å²) in [6, 6.07) is 3.37. The van der Waals surface area contributed by atoms with Crippen molar-refractivity contribution in [1.29, 1.82) is 0 Å². The zero-order valence-electron chi connectivity index (χ0n) is 6.71. The fraction of sp³-hybridized carbons (Fsp3) is 0.250. The van der Waals surface area contributed by atoms with Crippen molar-refractivity contribution in [3.63, 3.8) is 0 Å². The van der Waals surface area contributed by atoms with Crippen LogP contribution in [0.5, 0.6) is 0 Å². The lowest BCUT2D eigenvalue weighted by molar-refractivity contribution is 0.265. The summed E-state index contributed by atoms with van der Waals surface area (Å²) in [6.45, 7) is -0.294. The van der Waals surface area contributed by atoms with Gasteiger partial charge in [0.1, 0.15) is 5.82 Å². The van der Waals surface area contributed by atoms with E-state index in [-0.39, 0.29) is 24.6 Å². The number of nitrogens with two attached hydrogens (primary N) is 1. The maximum absolute atomic E-state index is 13.0. The van der Waals surface area contributed by atoms with Crippen LogP contribution >= 0.6 is 24.0 Å². The molecule has 1 aromatic carbocycles. The van der Waals surface area contributed by atoms with Gasteiger partial charge in [-0.15, -0.1) is 12.4 Å². The van der Waals surface area contributed by atoms with Crippen molar-refractivity contribution >= 4 is 24.0 Å². The summed E-state index contributed by atoms with van der Waals surface area (Å²) in [5.74, 6) is -0.444. The van der Waals surface area contributed by atoms with Gasteiger partial charge in [0.2, 0.25) is 0 Å². The number of aliphatic hydroxyl groups excluding tert-OH is 1. The van der Waals surface area contributed by atoms with Gasteiger partial charge in [-0.1, -0.05) is 11.6 Å². The molecule has 0 saturated heterocycles. The van der Waals surface area contributed by atoms with Crippen molar-refractivity contribution in [2.75, 3.05) is 6.61 Å². The van der Waals surface area contributed by atoms with Crippen LogP contribution in [0, 0.1) is 5.82 Å². The van der Waals surface area contributed by atoms with Crippen molar-refractivity contribution in [2.24, 2.45) is 5.73 Å². The SMILES string of the molecule is Cl.N[C@@H](CO)c1cc(Cl)ccc1F. The topological polar surface area (TPSA) is 46.2 Å². The first-order valence-electron chi connectivity index (χ1n) is 3.46. The number of rotatable bonds is 2. The van der Waals surface area contributed by atoms with Crippen LogP contribution in [0.25, 0.3) is 0 Å². The molecular weight excluding hydrogens is 216 g/mol. The first-order valence-corrected chi connectivity index (χ1v) is 3.84. The highest BCUT2D eigenvalue weighted by atomic mass is 35.5. The Morgan fingerprint density at radius 1 is 1.54 bits per heavy atom. The molecule has 0 amide bonds. The molecule has 0 fully saturated rings. The molecule has 0 bridgehead atoms. The fourth-order valence-electron chi connectivity index (χ4n) is 0.897. The Balaban J connectivity index is 0.00000144. The Labute approximate surface area is 86.9 Å². The zero-order valence-corrected chi connectivity index (χ0v) is 8.28. The average molecular weight is 226 g/mol. The minimum absolute atomic E-state index is 0. The molecule has 13 heavy (non-hydrogen) atoms. The van der Waals surface area contributed by atoms with Crippen LogP contribution in [0.3, 0.4) is 0 Å². The van der Waals surface area contributed by atoms with Crippen LogP contribution in [-0.2, 0) is 0 Å². The Morgan fingerprint density at radius 2 is 2.15 bits per heavy atom. The van der Waals surface area contributed by atoms with Gasteiger partial charge in [0, 0.05) is 10.6 Å². The molecule has 1 atom stereocenters. The predicted octanol–water partition coefficient (Wildman–Crippen LogP) is 1.89. The van der Waals surface area contributed by atoms with E-state index in [1.807, 2.05) is 0 Å². The third-order valence-electron chi connectivity index (χ3n) is 1.55. The molecule has 0 unspecified atom stereocenters. The highest BCUT2D eigenvalue weighted by molar-refractivity contribution is 6.30. The van der Waals surface area contributed by atoms with Gasteiger partial charge < -0.3 is 10.8 Å². The summed E-state index contributed by atoms with van der Waals surface area (Å²) in [4.78, 5) is 0. The van der Waals surface area contributed by atoms with Crippen molar-refractivity contribution < 1.29 is 9.50 Å². The lowest BCUT2D eigenvalue weighted by Gasteiger charge is -2.09. The molecule has 0 aliphatic heterocycles. The van der Waals surface area contributed by atoms with Gasteiger partial charge in [-0.3, -0.25) is 0 Å². The van der Waals surface area contributed by atoms with E-state index in [1.54, 1.807) is 0 Å². The van der Waals surface area contributed by atoms with E-state index in [4.69, 9.17) is 22.4 Å². The summed E-state index contributed by atoms with van der Waals surface area (Å²) in [6.07, 6.45) is 0. The number of halogens is 3. The van der Waals surface area contributed by atoms with Crippen molar-refractivity contribution in [2.45, 2.75) is 6.04 Å². The molecule has 5 heteroatoms. The van der Waals surface area contributed by atoms with Gasteiger partial charge in [0.05, 0.1) is 12.6 Å². The normalized spacial score (nSPS) is 12.0. The minimum Gasteiger partial charge on any atom is -0.394 e. The Hall–Kier alpha value is -0.350. The second-order valence-electron chi connectivity index (χ2n) is 2.45. The van der Waals surface area contributed by atoms with Crippen molar-refractivity contribution in [1.82, 2.24) is 0 Å². The molecule has 0 heterocycles. The van der Waals surface area contributed by atoms with E-state index in [9.17, 15) is 4.39 Å². The maximum atomic E-state index is 13.0. The van der Waals surface area contributed by atoms with E-state index in [2.05, 4.69) is 0 Å². The van der Waals surface area contributed by atoms with E-state index in [1.165, 1.54) is 18.2 Å². The number of hydrogen-bond acceptors (Lipinski definition) is 2. The first kappa shape index (κ1) is 12.7. The highest BCUT2D eigenvalue weighted by Crippen LogP contribution is 2.19. The van der Waals surface area contributed by atoms with E-state index in [0.29, 0.717) is 5.02 Å². The number of benzene rings is 1. The Morgan fingerprint density at radius 3 is 2.69 bits per heavy atom. The van der Waals surface area contributed by atoms with Crippen LogP contribution in [0.4, 0.5) is 4.39 Å². The number of aliphatic hydroxyl groups is 1. The summed E-state index contributed by atoms with van der Waals surface area (Å²) in [7, 11) is 0. The van der Waals surface area contributed by atoms with Gasteiger partial charge in [-0.25, -0.2) is 4.39 Å². The third-order valence-corrected chi connectivity index (χ3v) is 1.79. The second-order valence-corrected chi connectivity index (χ2v) is 2.89. The average Bonchev–Trinajstić information content (AvgIpc) is 2.08. The van der Waals surface area contributed by atoms with Crippen molar-refractivity contribution in [3.05, 3.63) is 34.6 Å². The second kappa shape index (κ2) is 5.40. The van der Waals surface area contributed by atoms with Gasteiger partial charge in [-0.05, 0) is 18.2 Å². The lowest BCUT2D eigenvalue weighted by atomic mass is 10.1. The van der Waals surface area contributed by atoms with Crippen LogP contribution in [0.1, 0.15) is 11.6 Å². The van der Waals surface area contributed by atoms with Gasteiger partial charge in [-0.2, -0.15) is 0 Å². The number of hydrogen-bond donors (Lipinski definition) is 2. The predicted molar refractivity (Wildman–Crippen MR) is 52.7 cm³/mol. The summed E-state index contributed by atoms with van der Waals surface area (Å²) in [5.41, 5.74) is 5.66. The molecule has 0 saturated carbocycles. The molecule has 1 aromatic rings. The smallest absolute Gasteiger partial charge is 0.128 e. The van der Waals surface area contributed by atoms with Crippen molar-refractivity contribution in [3.8, 4) is 0 Å². The summed E-state index contributed by atoms with van der Waals surface area (Å²) < 4.78 is 13.0. The molecule has 3 N–H and O–H groups in total. The van der Waals surface area contributed by atoms with E-state index in [0.717, 1.165) is 0 Å². The molecule has 2 nitrogen and oxygen atoms in total. The van der Waals surface area contributed by atoms with Gasteiger partial charge >= 0.3 is 0 Å². The Kier molecular flexibility index (Phi) is 5.25. The highest BCUT2D eigenvalue weighted by Gasteiger charge is 2.10. The molecule has 0 radical (unpaired) electrons. The molecule has 1 rings (SSSR count). The van der Waals surface area contributed by atoms with Crippen LogP contribution < -0.4 is 5.73 Å². The van der Waals surface area contributed by atoms with Gasteiger partial charge in [0.25, 0.3) is 0 Å². The molecule has 0 aromatic heterocycles.